The van der Waals surface area contributed by atoms with Gasteiger partial charge in [-0.25, -0.2) is 0 Å². The van der Waals surface area contributed by atoms with Crippen LogP contribution in [0.25, 0.3) is 121 Å². The minimum Gasteiger partial charge on any atom is -0.305 e. The van der Waals surface area contributed by atoms with Gasteiger partial charge < -0.3 is 18.3 Å². The molecule has 306 valence electrons. The summed E-state index contributed by atoms with van der Waals surface area (Å²) in [5, 5.41) is 20.7. The van der Waals surface area contributed by atoms with Crippen LogP contribution in [0.5, 0.6) is 0 Å². The molecule has 0 atom stereocenters. The van der Waals surface area contributed by atoms with Crippen molar-refractivity contribution in [1.82, 2.24) is 43.2 Å². The minimum atomic E-state index is 0.433. The summed E-state index contributed by atoms with van der Waals surface area (Å²) < 4.78 is 9.06. The molecule has 0 saturated heterocycles. The molecule has 0 bridgehead atoms. The van der Waals surface area contributed by atoms with E-state index in [1.807, 2.05) is 67.9 Å². The van der Waals surface area contributed by atoms with Gasteiger partial charge in [-0.05, 0) is 60.7 Å². The zero-order chi connectivity index (χ0) is 43.5. The fourth-order valence-corrected chi connectivity index (χ4v) is 10.7. The fraction of sp³-hybridized carbons (Fsp3) is 0. The minimum absolute atomic E-state index is 0.433. The van der Waals surface area contributed by atoms with E-state index in [4.69, 9.17) is 24.9 Å². The number of hydrogen-bond donors (Lipinski definition) is 0. The third-order valence-electron chi connectivity index (χ3n) is 13.2. The molecular formula is C56H32N10. The normalized spacial score (nSPS) is 11.9. The third kappa shape index (κ3) is 4.80. The zero-order valence-electron chi connectivity index (χ0n) is 34.9. The molecule has 0 aliphatic carbocycles. The molecule has 9 aromatic heterocycles. The van der Waals surface area contributed by atoms with Crippen molar-refractivity contribution in [2.75, 3.05) is 0 Å². The Kier molecular flexibility index (Phi) is 7.52. The van der Waals surface area contributed by atoms with Crippen molar-refractivity contribution in [2.24, 2.45) is 0 Å². The largest absolute Gasteiger partial charge is 0.305 e. The number of para-hydroxylation sites is 4. The van der Waals surface area contributed by atoms with Gasteiger partial charge in [0.2, 0.25) is 0 Å². The van der Waals surface area contributed by atoms with Crippen LogP contribution in [-0.4, -0.2) is 43.2 Å². The Balaban J connectivity index is 1.37. The van der Waals surface area contributed by atoms with Crippen molar-refractivity contribution in [3.05, 3.63) is 201 Å². The van der Waals surface area contributed by atoms with Gasteiger partial charge in [0.15, 0.2) is 0 Å². The summed E-state index contributed by atoms with van der Waals surface area (Å²) in [6.07, 6.45) is 16.9. The average Bonchev–Trinajstić information content (AvgIpc) is 4.11. The van der Waals surface area contributed by atoms with Crippen LogP contribution in [0.4, 0.5) is 0 Å². The predicted molar refractivity (Wildman–Crippen MR) is 263 cm³/mol. The van der Waals surface area contributed by atoms with E-state index in [2.05, 4.69) is 152 Å². The second kappa shape index (κ2) is 13.8. The molecule has 0 amide bonds. The Labute approximate surface area is 375 Å². The van der Waals surface area contributed by atoms with Crippen molar-refractivity contribution in [2.45, 2.75) is 0 Å². The molecule has 10 heteroatoms. The first kappa shape index (κ1) is 36.1. The number of fused-ring (bicyclic) bond motifs is 12. The maximum absolute atomic E-state index is 12.5. The molecule has 0 spiro atoms. The predicted octanol–water partition coefficient (Wildman–Crippen LogP) is 12.6. The van der Waals surface area contributed by atoms with Crippen LogP contribution in [0.2, 0.25) is 0 Å². The van der Waals surface area contributed by atoms with E-state index >= 15 is 0 Å². The van der Waals surface area contributed by atoms with Gasteiger partial charge in [0.1, 0.15) is 11.6 Å². The molecule has 0 aliphatic heterocycles. The molecule has 10 nitrogen and oxygen atoms in total. The fourth-order valence-electron chi connectivity index (χ4n) is 10.7. The van der Waals surface area contributed by atoms with E-state index in [1.165, 1.54) is 0 Å². The van der Waals surface area contributed by atoms with Crippen LogP contribution < -0.4 is 0 Å². The van der Waals surface area contributed by atoms with Gasteiger partial charge in [-0.15, -0.1) is 0 Å². The molecule has 0 aliphatic rings. The highest BCUT2D eigenvalue weighted by Gasteiger charge is 2.35. The van der Waals surface area contributed by atoms with E-state index in [0.29, 0.717) is 22.6 Å². The number of rotatable bonds is 5. The maximum Gasteiger partial charge on any atom is 0.104 e. The van der Waals surface area contributed by atoms with Crippen LogP contribution in [0.15, 0.2) is 195 Å². The number of nitrogens with zero attached hydrogens (tertiary/aromatic N) is 10. The van der Waals surface area contributed by atoms with Crippen molar-refractivity contribution in [3.8, 4) is 40.1 Å². The van der Waals surface area contributed by atoms with E-state index < -0.39 is 0 Å². The maximum atomic E-state index is 12.5. The second-order valence-corrected chi connectivity index (χ2v) is 16.5. The lowest BCUT2D eigenvalue weighted by Crippen LogP contribution is -2.16. The summed E-state index contributed by atoms with van der Waals surface area (Å²) in [4.78, 5) is 24.3. The lowest BCUT2D eigenvalue weighted by Gasteiger charge is -2.28. The van der Waals surface area contributed by atoms with Crippen LogP contribution in [0, 0.1) is 11.3 Å². The van der Waals surface area contributed by atoms with Crippen LogP contribution in [-0.2, 0) is 0 Å². The summed E-state index contributed by atoms with van der Waals surface area (Å²) in [7, 11) is 0. The van der Waals surface area contributed by atoms with Crippen molar-refractivity contribution in [3.63, 3.8) is 0 Å². The summed E-state index contributed by atoms with van der Waals surface area (Å²) in [5.74, 6) is 0. The van der Waals surface area contributed by atoms with Crippen molar-refractivity contribution < 1.29 is 0 Å². The van der Waals surface area contributed by atoms with E-state index in [1.54, 1.807) is 0 Å². The molecule has 5 aromatic carbocycles. The molecule has 0 fully saturated rings. The highest BCUT2D eigenvalue weighted by atomic mass is 15.1. The van der Waals surface area contributed by atoms with Gasteiger partial charge >= 0.3 is 0 Å². The van der Waals surface area contributed by atoms with Crippen LogP contribution in [0.3, 0.4) is 0 Å². The van der Waals surface area contributed by atoms with Gasteiger partial charge in [0.05, 0.1) is 103 Å². The highest BCUT2D eigenvalue weighted by Crippen LogP contribution is 2.51. The second-order valence-electron chi connectivity index (χ2n) is 16.5. The Hall–Kier alpha value is -9.46. The standard InChI is InChI=1S/C56H32N10/c57-29-42-53(63-44-16-5-1-11-34(44)38-20-25-58-30-48(38)63)55(65-46-18-7-3-13-36(46)40-22-27-60-32-50(40)65)52(43-15-9-10-24-62-43)56(66-47-19-8-4-14-37(47)41-23-28-61-33-51(41)66)54(42)64-45-17-6-2-12-35(45)39-21-26-59-31-49(39)64/h1-28,30-33H. The summed E-state index contributed by atoms with van der Waals surface area (Å²) in [6.45, 7) is 0. The molecule has 0 saturated carbocycles. The summed E-state index contributed by atoms with van der Waals surface area (Å²) >= 11 is 0. The molecule has 66 heavy (non-hydrogen) atoms. The lowest BCUT2D eigenvalue weighted by molar-refractivity contribution is 1.03. The highest BCUT2D eigenvalue weighted by molar-refractivity contribution is 6.16. The van der Waals surface area contributed by atoms with Gasteiger partial charge in [-0.2, -0.15) is 5.26 Å². The van der Waals surface area contributed by atoms with Gasteiger partial charge in [0, 0.05) is 74.1 Å². The lowest BCUT2D eigenvalue weighted by atomic mass is 9.95. The number of benzene rings is 5. The molecule has 14 rings (SSSR count). The van der Waals surface area contributed by atoms with Gasteiger partial charge in [-0.1, -0.05) is 78.9 Å². The number of nitriles is 1. The topological polar surface area (TPSA) is 108 Å². The Morgan fingerprint density at radius 3 is 0.970 bits per heavy atom. The molecule has 0 N–H and O–H groups in total. The summed E-state index contributed by atoms with van der Waals surface area (Å²) in [6, 6.07) is 50.9. The van der Waals surface area contributed by atoms with Crippen molar-refractivity contribution in [1.29, 1.82) is 5.26 Å². The SMILES string of the molecule is N#Cc1c(-n2c3ccccc3c3ccncc32)c(-n2c3ccccc3c3ccncc32)c(-c2ccccn2)c(-n2c3ccccc3c3ccncc32)c1-n1c2ccccc2c2ccncc21. The smallest absolute Gasteiger partial charge is 0.104 e. The quantitative estimate of drug-likeness (QED) is 0.171. The van der Waals surface area contributed by atoms with E-state index in [9.17, 15) is 5.26 Å². The third-order valence-corrected chi connectivity index (χ3v) is 13.2. The molecule has 9 heterocycles. The first-order valence-electron chi connectivity index (χ1n) is 21.7. The first-order chi connectivity index (χ1) is 32.8. The van der Waals surface area contributed by atoms with Crippen LogP contribution in [0.1, 0.15) is 5.56 Å². The average molecular weight is 845 g/mol. The molecule has 0 unspecified atom stereocenters. The number of aromatic nitrogens is 9. The molecule has 14 aromatic rings. The Morgan fingerprint density at radius 1 is 0.318 bits per heavy atom. The molecular weight excluding hydrogens is 813 g/mol. The van der Waals surface area contributed by atoms with E-state index in [-0.39, 0.29) is 0 Å². The Bertz CT molecular complexity index is 3910. The molecule has 0 radical (unpaired) electrons. The van der Waals surface area contributed by atoms with Gasteiger partial charge in [-0.3, -0.25) is 24.9 Å². The van der Waals surface area contributed by atoms with E-state index in [0.717, 1.165) is 104 Å². The monoisotopic (exact) mass is 844 g/mol. The zero-order valence-corrected chi connectivity index (χ0v) is 34.9. The van der Waals surface area contributed by atoms with Crippen molar-refractivity contribution >= 4 is 87.2 Å². The van der Waals surface area contributed by atoms with Crippen LogP contribution >= 0.6 is 0 Å². The number of hydrogen-bond acceptors (Lipinski definition) is 6. The summed E-state index contributed by atoms with van der Waals surface area (Å²) in [5.41, 5.74) is 12.0. The Morgan fingerprint density at radius 2 is 0.636 bits per heavy atom. The number of pyridine rings is 5. The first-order valence-corrected chi connectivity index (χ1v) is 21.7. The van der Waals surface area contributed by atoms with Gasteiger partial charge in [0.25, 0.3) is 0 Å².